The molecule has 1 N–H and O–H groups in total. The van der Waals surface area contributed by atoms with Crippen LogP contribution in [0, 0.1) is 16.5 Å². The van der Waals surface area contributed by atoms with E-state index >= 15 is 0 Å². The molecule has 19 heavy (non-hydrogen) atoms. The molecule has 1 aromatic heterocycles. The van der Waals surface area contributed by atoms with Gasteiger partial charge in [-0.1, -0.05) is 39.2 Å². The number of benzene rings is 1. The lowest BCUT2D eigenvalue weighted by Gasteiger charge is -2.15. The van der Waals surface area contributed by atoms with Gasteiger partial charge in [0, 0.05) is 6.54 Å². The van der Waals surface area contributed by atoms with Crippen LogP contribution in [-0.2, 0) is 6.54 Å². The molecule has 0 spiro atoms. The second-order valence-electron chi connectivity index (χ2n) is 5.09. The fourth-order valence-electron chi connectivity index (χ4n) is 2.50. The molecule has 0 bridgehead atoms. The smallest absolute Gasteiger partial charge is 0.178 e. The summed E-state index contributed by atoms with van der Waals surface area (Å²) < 4.78 is 16.4. The molecule has 104 valence electrons. The molecule has 0 amide bonds. The van der Waals surface area contributed by atoms with Crippen LogP contribution < -0.4 is 0 Å². The van der Waals surface area contributed by atoms with Crippen LogP contribution in [0.3, 0.4) is 0 Å². The Morgan fingerprint density at radius 2 is 2.16 bits per heavy atom. The van der Waals surface area contributed by atoms with Crippen molar-refractivity contribution in [2.45, 2.75) is 46.1 Å². The lowest BCUT2D eigenvalue weighted by molar-refractivity contribution is 0.393. The minimum Gasteiger partial charge on any atom is -0.328 e. The van der Waals surface area contributed by atoms with Gasteiger partial charge in [-0.05, 0) is 36.7 Å². The lowest BCUT2D eigenvalue weighted by atomic mass is 9.99. The quantitative estimate of drug-likeness (QED) is 0.734. The van der Waals surface area contributed by atoms with E-state index in [0.717, 1.165) is 18.5 Å². The highest BCUT2D eigenvalue weighted by molar-refractivity contribution is 7.71. The number of rotatable bonds is 6. The minimum absolute atomic E-state index is 0.232. The normalized spacial score (nSPS) is 13.0. The van der Waals surface area contributed by atoms with E-state index in [0.29, 0.717) is 16.2 Å². The van der Waals surface area contributed by atoms with Crippen molar-refractivity contribution in [1.82, 2.24) is 9.55 Å². The summed E-state index contributed by atoms with van der Waals surface area (Å²) in [4.78, 5) is 2.98. The van der Waals surface area contributed by atoms with Crippen LogP contribution in [0.2, 0.25) is 0 Å². The molecule has 0 aliphatic carbocycles. The van der Waals surface area contributed by atoms with Crippen molar-refractivity contribution >= 4 is 23.3 Å². The van der Waals surface area contributed by atoms with Crippen molar-refractivity contribution in [1.29, 1.82) is 0 Å². The molecule has 1 atom stereocenters. The van der Waals surface area contributed by atoms with E-state index in [1.54, 1.807) is 6.07 Å². The number of H-pyrrole nitrogens is 1. The van der Waals surface area contributed by atoms with Gasteiger partial charge in [-0.3, -0.25) is 0 Å². The highest BCUT2D eigenvalue weighted by Gasteiger charge is 2.12. The van der Waals surface area contributed by atoms with Crippen molar-refractivity contribution in [3.05, 3.63) is 28.8 Å². The first kappa shape index (κ1) is 14.3. The van der Waals surface area contributed by atoms with Crippen LogP contribution in [0.15, 0.2) is 18.2 Å². The number of nitrogens with zero attached hydrogens (tertiary/aromatic N) is 1. The Hall–Kier alpha value is -1.16. The number of aromatic nitrogens is 2. The zero-order chi connectivity index (χ0) is 13.8. The van der Waals surface area contributed by atoms with E-state index in [4.69, 9.17) is 12.2 Å². The maximum absolute atomic E-state index is 13.7. The predicted molar refractivity (Wildman–Crippen MR) is 80.4 cm³/mol. The Kier molecular flexibility index (Phi) is 4.75. The largest absolute Gasteiger partial charge is 0.328 e. The predicted octanol–water partition coefficient (Wildman–Crippen LogP) is 5.05. The molecule has 0 radical (unpaired) electrons. The van der Waals surface area contributed by atoms with Gasteiger partial charge in [-0.15, -0.1) is 0 Å². The van der Waals surface area contributed by atoms with Crippen molar-refractivity contribution in [3.63, 3.8) is 0 Å². The molecule has 1 unspecified atom stereocenters. The summed E-state index contributed by atoms with van der Waals surface area (Å²) in [6.45, 7) is 5.29. The standard InChI is InChI=1S/C15H21FN2S/c1-3-5-7-11(4-2)10-18-13-9-6-8-12(16)14(13)17-15(18)19/h6,8-9,11H,3-5,7,10H2,1-2H3,(H,17,19). The second kappa shape index (κ2) is 6.33. The van der Waals surface area contributed by atoms with E-state index in [-0.39, 0.29) is 5.82 Å². The van der Waals surface area contributed by atoms with E-state index in [9.17, 15) is 4.39 Å². The molecule has 0 saturated carbocycles. The van der Waals surface area contributed by atoms with Gasteiger partial charge in [-0.25, -0.2) is 4.39 Å². The van der Waals surface area contributed by atoms with Crippen LogP contribution in [0.25, 0.3) is 11.0 Å². The van der Waals surface area contributed by atoms with Gasteiger partial charge in [0.2, 0.25) is 0 Å². The van der Waals surface area contributed by atoms with Crippen LogP contribution in [0.4, 0.5) is 4.39 Å². The van der Waals surface area contributed by atoms with Crippen LogP contribution >= 0.6 is 12.2 Å². The fraction of sp³-hybridized carbons (Fsp3) is 0.533. The molecular formula is C15H21FN2S. The molecule has 0 fully saturated rings. The number of unbranched alkanes of at least 4 members (excludes halogenated alkanes) is 1. The van der Waals surface area contributed by atoms with E-state index < -0.39 is 0 Å². The summed E-state index contributed by atoms with van der Waals surface area (Å²) >= 11 is 5.33. The molecule has 1 heterocycles. The zero-order valence-corrected chi connectivity index (χ0v) is 12.4. The summed E-state index contributed by atoms with van der Waals surface area (Å²) in [6.07, 6.45) is 4.79. The molecule has 0 aliphatic rings. The van der Waals surface area contributed by atoms with Gasteiger partial charge in [-0.2, -0.15) is 0 Å². The average Bonchev–Trinajstić information content (AvgIpc) is 2.72. The number of nitrogens with one attached hydrogen (secondary N) is 1. The highest BCUT2D eigenvalue weighted by Crippen LogP contribution is 2.21. The molecule has 0 saturated heterocycles. The fourth-order valence-corrected chi connectivity index (χ4v) is 2.78. The number of hydrogen-bond acceptors (Lipinski definition) is 1. The number of hydrogen-bond donors (Lipinski definition) is 1. The van der Waals surface area contributed by atoms with Gasteiger partial charge in [0.1, 0.15) is 11.3 Å². The van der Waals surface area contributed by atoms with Crippen LogP contribution in [-0.4, -0.2) is 9.55 Å². The zero-order valence-electron chi connectivity index (χ0n) is 11.6. The van der Waals surface area contributed by atoms with Gasteiger partial charge in [0.05, 0.1) is 5.52 Å². The summed E-state index contributed by atoms with van der Waals surface area (Å²) in [5, 5.41) is 0. The molecule has 2 aromatic rings. The van der Waals surface area contributed by atoms with Crippen molar-refractivity contribution in [2.75, 3.05) is 0 Å². The molecule has 2 rings (SSSR count). The molecule has 2 nitrogen and oxygen atoms in total. The second-order valence-corrected chi connectivity index (χ2v) is 5.48. The lowest BCUT2D eigenvalue weighted by Crippen LogP contribution is -2.10. The molecule has 1 aromatic carbocycles. The maximum Gasteiger partial charge on any atom is 0.178 e. The van der Waals surface area contributed by atoms with Gasteiger partial charge < -0.3 is 9.55 Å². The number of para-hydroxylation sites is 1. The third-order valence-electron chi connectivity index (χ3n) is 3.74. The first-order valence-corrected chi connectivity index (χ1v) is 7.45. The summed E-state index contributed by atoms with van der Waals surface area (Å²) in [5.74, 6) is 0.373. The number of fused-ring (bicyclic) bond motifs is 1. The first-order valence-electron chi connectivity index (χ1n) is 7.04. The topological polar surface area (TPSA) is 20.7 Å². The van der Waals surface area contributed by atoms with Crippen molar-refractivity contribution < 1.29 is 4.39 Å². The third kappa shape index (κ3) is 3.06. The SMILES string of the molecule is CCCCC(CC)Cn1c(=S)[nH]c2c(F)cccc21. The Morgan fingerprint density at radius 3 is 2.84 bits per heavy atom. The van der Waals surface area contributed by atoms with E-state index in [1.165, 1.54) is 25.3 Å². The number of aromatic amines is 1. The Labute approximate surface area is 118 Å². The van der Waals surface area contributed by atoms with Crippen molar-refractivity contribution in [2.24, 2.45) is 5.92 Å². The molecular weight excluding hydrogens is 259 g/mol. The van der Waals surface area contributed by atoms with Gasteiger partial charge in [0.25, 0.3) is 0 Å². The van der Waals surface area contributed by atoms with Crippen molar-refractivity contribution in [3.8, 4) is 0 Å². The van der Waals surface area contributed by atoms with Gasteiger partial charge in [0.15, 0.2) is 4.77 Å². The number of halogens is 1. The van der Waals surface area contributed by atoms with E-state index in [1.807, 2.05) is 10.6 Å². The Morgan fingerprint density at radius 1 is 1.37 bits per heavy atom. The monoisotopic (exact) mass is 280 g/mol. The van der Waals surface area contributed by atoms with E-state index in [2.05, 4.69) is 18.8 Å². The first-order chi connectivity index (χ1) is 9.17. The molecule has 4 heteroatoms. The van der Waals surface area contributed by atoms with Crippen LogP contribution in [0.5, 0.6) is 0 Å². The van der Waals surface area contributed by atoms with Crippen LogP contribution in [0.1, 0.15) is 39.5 Å². The Balaban J connectivity index is 2.31. The summed E-state index contributed by atoms with van der Waals surface area (Å²) in [5.41, 5.74) is 1.40. The number of imidazole rings is 1. The summed E-state index contributed by atoms with van der Waals surface area (Å²) in [7, 11) is 0. The third-order valence-corrected chi connectivity index (χ3v) is 4.07. The Bertz CT molecular complexity index is 600. The average molecular weight is 280 g/mol. The van der Waals surface area contributed by atoms with Gasteiger partial charge >= 0.3 is 0 Å². The molecule has 0 aliphatic heterocycles. The highest BCUT2D eigenvalue weighted by atomic mass is 32.1. The maximum atomic E-state index is 13.7. The summed E-state index contributed by atoms with van der Waals surface area (Å²) in [6, 6.07) is 5.13. The minimum atomic E-state index is -0.232.